The van der Waals surface area contributed by atoms with Crippen molar-refractivity contribution in [1.82, 2.24) is 0 Å². The number of carbonyl (C=O) groups excluding carboxylic acids is 1. The monoisotopic (exact) mass is 782 g/mol. The quantitative estimate of drug-likeness (QED) is 0.199. The van der Waals surface area contributed by atoms with Crippen LogP contribution in [0.5, 0.6) is 0 Å². The third-order valence-corrected chi connectivity index (χ3v) is 11.8. The maximum Gasteiger partial charge on any atom is 0.373 e. The van der Waals surface area contributed by atoms with Crippen molar-refractivity contribution in [3.63, 3.8) is 0 Å². The standard InChI is InChI=1S/C42H70O13/c1-21(2)37-26(7)32(53-41-39(51-13)36(46)35(45)29(10)52-41)20-42(48,55-37)28(9)34(44)27(8)38-30(49-11)16-14-15-22(3)17-24(5)33(43)25(6)18-23(4)19-31(50-12)40(47)54-38/h14-16,18-19,21,24-30,32-39,41,43-46,48H,17,20H2,1-13H3/b16-14+,22-15+,23-18+,31-19-/t24?,25?,26?,27?,28?,29-,30?,32?,33?,34?,35-,36+,37?,38?,39+,41-,42?/m0/s1. The molecule has 3 heterocycles. The number of esters is 1. The Balaban J connectivity index is 2.00. The van der Waals surface area contributed by atoms with Crippen LogP contribution >= 0.6 is 0 Å². The molecule has 0 amide bonds. The molecular formula is C42H70O13. The molecule has 3 rings (SSSR count). The number of ether oxygens (including phenoxy) is 7. The predicted octanol–water partition coefficient (Wildman–Crippen LogP) is 4.20. The summed E-state index contributed by atoms with van der Waals surface area (Å²) in [6.45, 7) is 18.6. The first-order valence-corrected chi connectivity index (χ1v) is 19.7. The zero-order valence-electron chi connectivity index (χ0n) is 35.1. The summed E-state index contributed by atoms with van der Waals surface area (Å²) in [6.07, 6.45) is -0.670. The van der Waals surface area contributed by atoms with E-state index < -0.39 is 90.9 Å². The van der Waals surface area contributed by atoms with Crippen molar-refractivity contribution < 1.29 is 63.5 Å². The average molecular weight is 783 g/mol. The molecule has 17 atom stereocenters. The second-order valence-electron chi connectivity index (χ2n) is 16.6. The van der Waals surface area contributed by atoms with E-state index in [-0.39, 0.29) is 35.9 Å². The fourth-order valence-electron chi connectivity index (χ4n) is 8.23. The van der Waals surface area contributed by atoms with Crippen molar-refractivity contribution in [2.75, 3.05) is 21.3 Å². The molecule has 13 nitrogen and oxygen atoms in total. The fraction of sp³-hybridized carbons (Fsp3) is 0.786. The topological polar surface area (TPSA) is 183 Å². The highest BCUT2D eigenvalue weighted by atomic mass is 16.7. The summed E-state index contributed by atoms with van der Waals surface area (Å²) >= 11 is 0. The number of aliphatic hydroxyl groups excluding tert-OH is 4. The van der Waals surface area contributed by atoms with Gasteiger partial charge in [-0.3, -0.25) is 0 Å². The molecule has 55 heavy (non-hydrogen) atoms. The molecule has 2 fully saturated rings. The van der Waals surface area contributed by atoms with Gasteiger partial charge in [0.1, 0.15) is 30.5 Å². The average Bonchev–Trinajstić information content (AvgIpc) is 3.13. The van der Waals surface area contributed by atoms with E-state index in [2.05, 4.69) is 0 Å². The van der Waals surface area contributed by atoms with Gasteiger partial charge in [-0.25, -0.2) is 4.79 Å². The van der Waals surface area contributed by atoms with Crippen LogP contribution < -0.4 is 0 Å². The van der Waals surface area contributed by atoms with E-state index in [1.807, 2.05) is 66.7 Å². The summed E-state index contributed by atoms with van der Waals surface area (Å²) in [5, 5.41) is 56.6. The van der Waals surface area contributed by atoms with E-state index in [1.165, 1.54) is 21.3 Å². The molecule has 0 bridgehead atoms. The minimum Gasteiger partial charge on any atom is -0.490 e. The van der Waals surface area contributed by atoms with E-state index in [4.69, 9.17) is 33.2 Å². The Hall–Kier alpha value is -2.17. The van der Waals surface area contributed by atoms with Crippen LogP contribution in [0, 0.1) is 35.5 Å². The van der Waals surface area contributed by atoms with Crippen molar-refractivity contribution in [2.45, 2.75) is 155 Å². The van der Waals surface area contributed by atoms with Gasteiger partial charge in [0.15, 0.2) is 12.1 Å². The van der Waals surface area contributed by atoms with E-state index >= 15 is 0 Å². The highest BCUT2D eigenvalue weighted by Gasteiger charge is 2.54. The Morgan fingerprint density at radius 2 is 1.58 bits per heavy atom. The van der Waals surface area contributed by atoms with E-state index in [0.717, 1.165) is 5.57 Å². The number of hydrogen-bond donors (Lipinski definition) is 5. The molecule has 2 saturated heterocycles. The third kappa shape index (κ3) is 11.5. The lowest BCUT2D eigenvalue weighted by Gasteiger charge is -2.51. The summed E-state index contributed by atoms with van der Waals surface area (Å²) in [5.74, 6) is -5.08. The number of cyclic esters (lactones) is 1. The molecule has 316 valence electrons. The molecule has 13 heteroatoms. The maximum atomic E-state index is 13.8. The Morgan fingerprint density at radius 1 is 0.927 bits per heavy atom. The van der Waals surface area contributed by atoms with Crippen molar-refractivity contribution in [3.8, 4) is 0 Å². The zero-order chi connectivity index (χ0) is 41.5. The smallest absolute Gasteiger partial charge is 0.373 e. The molecule has 0 radical (unpaired) electrons. The number of allylic oxidation sites excluding steroid dienone is 5. The molecule has 0 aliphatic carbocycles. The van der Waals surface area contributed by atoms with Crippen molar-refractivity contribution in [3.05, 3.63) is 47.3 Å². The molecule has 3 aliphatic heterocycles. The van der Waals surface area contributed by atoms with E-state index in [1.54, 1.807) is 32.9 Å². The lowest BCUT2D eigenvalue weighted by Crippen LogP contribution is -2.62. The van der Waals surface area contributed by atoms with Gasteiger partial charge in [0, 0.05) is 44.3 Å². The van der Waals surface area contributed by atoms with Gasteiger partial charge in [0.2, 0.25) is 5.76 Å². The minimum atomic E-state index is -1.92. The van der Waals surface area contributed by atoms with Gasteiger partial charge >= 0.3 is 5.97 Å². The molecule has 0 saturated carbocycles. The largest absolute Gasteiger partial charge is 0.490 e. The third-order valence-electron chi connectivity index (χ3n) is 11.8. The van der Waals surface area contributed by atoms with Crippen molar-refractivity contribution >= 4 is 5.97 Å². The highest BCUT2D eigenvalue weighted by molar-refractivity contribution is 5.87. The first-order chi connectivity index (χ1) is 25.7. The number of hydrogen-bond acceptors (Lipinski definition) is 13. The fourth-order valence-corrected chi connectivity index (χ4v) is 8.23. The van der Waals surface area contributed by atoms with Gasteiger partial charge in [-0.2, -0.15) is 0 Å². The predicted molar refractivity (Wildman–Crippen MR) is 206 cm³/mol. The lowest BCUT2D eigenvalue weighted by atomic mass is 9.76. The first-order valence-electron chi connectivity index (χ1n) is 19.7. The zero-order valence-corrected chi connectivity index (χ0v) is 35.1. The summed E-state index contributed by atoms with van der Waals surface area (Å²) in [6, 6.07) is 0. The molecule has 0 aromatic heterocycles. The minimum absolute atomic E-state index is 0.0363. The summed E-state index contributed by atoms with van der Waals surface area (Å²) in [5.41, 5.74) is 1.73. The molecular weight excluding hydrogens is 712 g/mol. The molecule has 5 N–H and O–H groups in total. The van der Waals surface area contributed by atoms with Crippen LogP contribution in [0.1, 0.15) is 82.1 Å². The van der Waals surface area contributed by atoms with Gasteiger partial charge < -0.3 is 58.7 Å². The van der Waals surface area contributed by atoms with Gasteiger partial charge in [0.25, 0.3) is 0 Å². The summed E-state index contributed by atoms with van der Waals surface area (Å²) < 4.78 is 41.8. The van der Waals surface area contributed by atoms with E-state index in [9.17, 15) is 30.3 Å². The highest BCUT2D eigenvalue weighted by Crippen LogP contribution is 2.43. The van der Waals surface area contributed by atoms with Crippen LogP contribution in [0.15, 0.2) is 47.3 Å². The Bertz CT molecular complexity index is 1360. The van der Waals surface area contributed by atoms with Crippen LogP contribution in [0.4, 0.5) is 0 Å². The molecule has 12 unspecified atom stereocenters. The number of methoxy groups -OCH3 is 3. The molecule has 0 aromatic rings. The SMILES string of the molecule is CO/C1=C\C(C)=C\C(C)C(O)C(C)C/C(C)=C/C=C/C(OC)C(C(C)C(O)C(C)C2(O)CC(O[C@@H]3O[C@@H](C)[C@H](O)[C@@H](O)[C@H]3OC)C(C)C(C(C)C)O2)OC1=O. The maximum absolute atomic E-state index is 13.8. The van der Waals surface area contributed by atoms with Crippen molar-refractivity contribution in [1.29, 1.82) is 0 Å². The van der Waals surface area contributed by atoms with Crippen LogP contribution in [-0.2, 0) is 38.0 Å². The molecule has 0 aromatic carbocycles. The number of rotatable bonds is 10. The second-order valence-corrected chi connectivity index (χ2v) is 16.6. The Labute approximate surface area is 328 Å². The first kappa shape index (κ1) is 47.2. The van der Waals surface area contributed by atoms with Crippen molar-refractivity contribution in [2.24, 2.45) is 35.5 Å². The van der Waals surface area contributed by atoms with Gasteiger partial charge in [0.05, 0.1) is 37.6 Å². The Morgan fingerprint density at radius 3 is 2.16 bits per heavy atom. The van der Waals surface area contributed by atoms with Crippen LogP contribution in [0.3, 0.4) is 0 Å². The molecule has 0 spiro atoms. The number of aliphatic hydroxyl groups is 5. The van der Waals surface area contributed by atoms with Gasteiger partial charge in [-0.1, -0.05) is 83.9 Å². The summed E-state index contributed by atoms with van der Waals surface area (Å²) in [7, 11) is 4.25. The van der Waals surface area contributed by atoms with Crippen LogP contribution in [-0.4, -0.2) is 126 Å². The summed E-state index contributed by atoms with van der Waals surface area (Å²) in [4.78, 5) is 13.8. The Kier molecular flexibility index (Phi) is 17.6. The molecule has 3 aliphatic rings. The van der Waals surface area contributed by atoms with Crippen LogP contribution in [0.2, 0.25) is 0 Å². The van der Waals surface area contributed by atoms with Crippen LogP contribution in [0.25, 0.3) is 0 Å². The normalized spacial score (nSPS) is 43.8. The number of carbonyl (C=O) groups is 1. The van der Waals surface area contributed by atoms with E-state index in [0.29, 0.717) is 12.0 Å². The lowest BCUT2D eigenvalue weighted by molar-refractivity contribution is -0.362. The second kappa shape index (κ2) is 20.5. The van der Waals surface area contributed by atoms with Gasteiger partial charge in [-0.15, -0.1) is 0 Å². The van der Waals surface area contributed by atoms with Gasteiger partial charge in [-0.05, 0) is 45.1 Å².